The lowest BCUT2D eigenvalue weighted by atomic mass is 10.2. The Bertz CT molecular complexity index is 688. The van der Waals surface area contributed by atoms with E-state index in [9.17, 15) is 13.2 Å². The van der Waals surface area contributed by atoms with Crippen LogP contribution in [0.3, 0.4) is 0 Å². The van der Waals surface area contributed by atoms with Crippen LogP contribution in [0.4, 0.5) is 10.5 Å². The number of aryl methyl sites for hydroxylation is 1. The molecule has 1 aromatic carbocycles. The first-order valence-corrected chi connectivity index (χ1v) is 10.2. The molecule has 2 rings (SSSR count). The SMILES string of the molecule is CCCN(C(=O)Nc1ccc(OCC)cc1C)[C@H]1CCS(=O)(=O)C1. The number of ether oxygens (including phenoxy) is 1. The van der Waals surface area contributed by atoms with Crippen LogP contribution in [0.2, 0.25) is 0 Å². The van der Waals surface area contributed by atoms with Crippen LogP contribution in [0.5, 0.6) is 5.75 Å². The fraction of sp³-hybridized carbons (Fsp3) is 0.588. The number of benzene rings is 1. The van der Waals surface area contributed by atoms with Gasteiger partial charge in [0.2, 0.25) is 0 Å². The lowest BCUT2D eigenvalue weighted by Crippen LogP contribution is -2.44. The van der Waals surface area contributed by atoms with Crippen LogP contribution in [0.1, 0.15) is 32.3 Å². The summed E-state index contributed by atoms with van der Waals surface area (Å²) in [5.41, 5.74) is 1.62. The van der Waals surface area contributed by atoms with E-state index >= 15 is 0 Å². The molecule has 2 amide bonds. The molecule has 0 aliphatic carbocycles. The molecule has 1 atom stereocenters. The number of carbonyl (C=O) groups is 1. The largest absolute Gasteiger partial charge is 0.494 e. The minimum absolute atomic E-state index is 0.0582. The zero-order valence-electron chi connectivity index (χ0n) is 14.5. The second-order valence-electron chi connectivity index (χ2n) is 6.09. The molecule has 1 fully saturated rings. The van der Waals surface area contributed by atoms with E-state index in [1.807, 2.05) is 39.0 Å². The summed E-state index contributed by atoms with van der Waals surface area (Å²) < 4.78 is 28.9. The Hall–Kier alpha value is -1.76. The second kappa shape index (κ2) is 7.88. The van der Waals surface area contributed by atoms with Crippen molar-refractivity contribution in [3.05, 3.63) is 23.8 Å². The van der Waals surface area contributed by atoms with Gasteiger partial charge in [-0.15, -0.1) is 0 Å². The Morgan fingerprint density at radius 2 is 2.12 bits per heavy atom. The van der Waals surface area contributed by atoms with E-state index < -0.39 is 9.84 Å². The summed E-state index contributed by atoms with van der Waals surface area (Å²) in [4.78, 5) is 14.3. The number of rotatable bonds is 6. The van der Waals surface area contributed by atoms with Crippen molar-refractivity contribution in [3.8, 4) is 5.75 Å². The van der Waals surface area contributed by atoms with Crippen molar-refractivity contribution in [1.29, 1.82) is 0 Å². The number of nitrogens with one attached hydrogen (secondary N) is 1. The molecular formula is C17H26N2O4S. The molecule has 0 radical (unpaired) electrons. The second-order valence-corrected chi connectivity index (χ2v) is 8.32. The molecule has 134 valence electrons. The molecule has 0 bridgehead atoms. The number of sulfone groups is 1. The number of nitrogens with zero attached hydrogens (tertiary/aromatic N) is 1. The Kier molecular flexibility index (Phi) is 6.10. The number of amides is 2. The smallest absolute Gasteiger partial charge is 0.322 e. The Morgan fingerprint density at radius 3 is 2.67 bits per heavy atom. The van der Waals surface area contributed by atoms with Crippen LogP contribution in [-0.2, 0) is 9.84 Å². The molecule has 0 spiro atoms. The number of anilines is 1. The Labute approximate surface area is 144 Å². The lowest BCUT2D eigenvalue weighted by Gasteiger charge is -2.28. The summed E-state index contributed by atoms with van der Waals surface area (Å²) in [6, 6.07) is 5.03. The van der Waals surface area contributed by atoms with Crippen LogP contribution in [0.15, 0.2) is 18.2 Å². The van der Waals surface area contributed by atoms with Gasteiger partial charge in [0.1, 0.15) is 5.75 Å². The van der Waals surface area contributed by atoms with Crippen molar-refractivity contribution < 1.29 is 17.9 Å². The molecule has 0 unspecified atom stereocenters. The van der Waals surface area contributed by atoms with E-state index in [0.29, 0.717) is 25.3 Å². The minimum Gasteiger partial charge on any atom is -0.494 e. The highest BCUT2D eigenvalue weighted by Crippen LogP contribution is 2.23. The topological polar surface area (TPSA) is 75.7 Å². The molecular weight excluding hydrogens is 328 g/mol. The normalized spacial score (nSPS) is 19.0. The van der Waals surface area contributed by atoms with Crippen molar-refractivity contribution in [2.24, 2.45) is 0 Å². The van der Waals surface area contributed by atoms with Crippen molar-refractivity contribution in [1.82, 2.24) is 4.90 Å². The first-order chi connectivity index (χ1) is 11.4. The summed E-state index contributed by atoms with van der Waals surface area (Å²) in [6.07, 6.45) is 1.30. The van der Waals surface area contributed by atoms with Crippen molar-refractivity contribution in [2.75, 3.05) is 30.0 Å². The zero-order valence-corrected chi connectivity index (χ0v) is 15.4. The van der Waals surface area contributed by atoms with Gasteiger partial charge in [-0.3, -0.25) is 0 Å². The average Bonchev–Trinajstić information content (AvgIpc) is 2.87. The molecule has 1 aliphatic heterocycles. The minimum atomic E-state index is -3.02. The first kappa shape index (κ1) is 18.6. The number of carbonyl (C=O) groups excluding carboxylic acids is 1. The maximum atomic E-state index is 12.7. The Balaban J connectivity index is 2.10. The van der Waals surface area contributed by atoms with Gasteiger partial charge in [0.05, 0.1) is 18.1 Å². The van der Waals surface area contributed by atoms with E-state index in [0.717, 1.165) is 17.7 Å². The van der Waals surface area contributed by atoms with E-state index in [-0.39, 0.29) is 23.6 Å². The summed E-state index contributed by atoms with van der Waals surface area (Å²) in [5, 5.41) is 2.91. The fourth-order valence-electron chi connectivity index (χ4n) is 2.93. The molecule has 1 aromatic rings. The highest BCUT2D eigenvalue weighted by Gasteiger charge is 2.34. The molecule has 24 heavy (non-hydrogen) atoms. The van der Waals surface area contributed by atoms with Crippen LogP contribution < -0.4 is 10.1 Å². The molecule has 1 heterocycles. The van der Waals surface area contributed by atoms with Gasteiger partial charge in [0.25, 0.3) is 0 Å². The lowest BCUT2D eigenvalue weighted by molar-refractivity contribution is 0.194. The van der Waals surface area contributed by atoms with E-state index in [2.05, 4.69) is 5.32 Å². The number of hydrogen-bond acceptors (Lipinski definition) is 4. The molecule has 1 saturated heterocycles. The Morgan fingerprint density at radius 1 is 1.38 bits per heavy atom. The summed E-state index contributed by atoms with van der Waals surface area (Å²) in [7, 11) is -3.02. The number of urea groups is 1. The maximum Gasteiger partial charge on any atom is 0.322 e. The third-order valence-electron chi connectivity index (χ3n) is 4.13. The van der Waals surface area contributed by atoms with Gasteiger partial charge >= 0.3 is 6.03 Å². The predicted molar refractivity (Wildman–Crippen MR) is 95.4 cm³/mol. The standard InChI is InChI=1S/C17H26N2O4S/c1-4-9-19(14-8-10-24(21,22)12-14)17(20)18-16-7-6-15(23-5-2)11-13(16)3/h6-7,11,14H,4-5,8-10,12H2,1-3H3,(H,18,20)/t14-/m0/s1. The van der Waals surface area contributed by atoms with E-state index in [1.165, 1.54) is 0 Å². The summed E-state index contributed by atoms with van der Waals surface area (Å²) >= 11 is 0. The van der Waals surface area contributed by atoms with Crippen LogP contribution in [0, 0.1) is 6.92 Å². The van der Waals surface area contributed by atoms with Crippen molar-refractivity contribution in [2.45, 2.75) is 39.7 Å². The third-order valence-corrected chi connectivity index (χ3v) is 5.88. The zero-order chi connectivity index (χ0) is 17.7. The van der Waals surface area contributed by atoms with Gasteiger partial charge in [-0.1, -0.05) is 6.92 Å². The van der Waals surface area contributed by atoms with Gasteiger partial charge in [-0.05, 0) is 50.5 Å². The quantitative estimate of drug-likeness (QED) is 0.852. The predicted octanol–water partition coefficient (Wildman–Crippen LogP) is 2.82. The van der Waals surface area contributed by atoms with Crippen molar-refractivity contribution >= 4 is 21.6 Å². The van der Waals surface area contributed by atoms with E-state index in [4.69, 9.17) is 4.74 Å². The highest BCUT2D eigenvalue weighted by atomic mass is 32.2. The van der Waals surface area contributed by atoms with Gasteiger partial charge in [0.15, 0.2) is 9.84 Å². The average molecular weight is 354 g/mol. The molecule has 0 aromatic heterocycles. The highest BCUT2D eigenvalue weighted by molar-refractivity contribution is 7.91. The number of hydrogen-bond donors (Lipinski definition) is 1. The van der Waals surface area contributed by atoms with Gasteiger partial charge in [-0.2, -0.15) is 0 Å². The van der Waals surface area contributed by atoms with E-state index in [1.54, 1.807) is 4.90 Å². The van der Waals surface area contributed by atoms with Crippen molar-refractivity contribution in [3.63, 3.8) is 0 Å². The first-order valence-electron chi connectivity index (χ1n) is 8.37. The molecule has 1 aliphatic rings. The maximum absolute atomic E-state index is 12.7. The van der Waals surface area contributed by atoms with Crippen LogP contribution >= 0.6 is 0 Å². The van der Waals surface area contributed by atoms with Crippen LogP contribution in [0.25, 0.3) is 0 Å². The van der Waals surface area contributed by atoms with Gasteiger partial charge in [0, 0.05) is 18.3 Å². The third kappa shape index (κ3) is 4.63. The summed E-state index contributed by atoms with van der Waals surface area (Å²) in [5.74, 6) is 0.982. The molecule has 1 N–H and O–H groups in total. The fourth-order valence-corrected chi connectivity index (χ4v) is 4.66. The van der Waals surface area contributed by atoms with Crippen LogP contribution in [-0.4, -0.2) is 50.0 Å². The molecule has 7 heteroatoms. The monoisotopic (exact) mass is 354 g/mol. The molecule has 6 nitrogen and oxygen atoms in total. The summed E-state index contributed by atoms with van der Waals surface area (Å²) in [6.45, 7) is 6.94. The van der Waals surface area contributed by atoms with Gasteiger partial charge in [-0.25, -0.2) is 13.2 Å². The molecule has 0 saturated carbocycles. The van der Waals surface area contributed by atoms with Gasteiger partial charge < -0.3 is 15.0 Å².